The summed E-state index contributed by atoms with van der Waals surface area (Å²) in [5.74, 6) is -0.0589. The molecular weight excluding hydrogens is 226 g/mol. The van der Waals surface area contributed by atoms with Crippen LogP contribution < -0.4 is 0 Å². The van der Waals surface area contributed by atoms with Gasteiger partial charge in [-0.05, 0) is 30.0 Å². The van der Waals surface area contributed by atoms with Crippen LogP contribution in [-0.4, -0.2) is 35.6 Å². The van der Waals surface area contributed by atoms with Gasteiger partial charge in [0.05, 0.1) is 6.10 Å². The quantitative estimate of drug-likeness (QED) is 0.894. The third-order valence-electron chi connectivity index (χ3n) is 2.88. The van der Waals surface area contributed by atoms with Gasteiger partial charge in [-0.1, -0.05) is 32.9 Å². The SMILES string of the molecule is CC(O)CN(C)C(=O)c1ccc(C(C)(C)C)cc1. The lowest BCUT2D eigenvalue weighted by atomic mass is 9.86. The van der Waals surface area contributed by atoms with E-state index in [1.54, 1.807) is 14.0 Å². The maximum Gasteiger partial charge on any atom is 0.253 e. The van der Waals surface area contributed by atoms with Gasteiger partial charge in [0.1, 0.15) is 0 Å². The van der Waals surface area contributed by atoms with E-state index in [0.29, 0.717) is 12.1 Å². The Hall–Kier alpha value is -1.35. The fourth-order valence-corrected chi connectivity index (χ4v) is 1.81. The van der Waals surface area contributed by atoms with Gasteiger partial charge >= 0.3 is 0 Å². The van der Waals surface area contributed by atoms with Crippen molar-refractivity contribution in [2.24, 2.45) is 0 Å². The molecule has 0 saturated heterocycles. The molecule has 0 heterocycles. The molecule has 1 amide bonds. The van der Waals surface area contributed by atoms with Crippen LogP contribution in [0.2, 0.25) is 0 Å². The topological polar surface area (TPSA) is 40.5 Å². The van der Waals surface area contributed by atoms with E-state index < -0.39 is 6.10 Å². The fraction of sp³-hybridized carbons (Fsp3) is 0.533. The van der Waals surface area contributed by atoms with E-state index in [1.807, 2.05) is 24.3 Å². The van der Waals surface area contributed by atoms with Gasteiger partial charge < -0.3 is 10.0 Å². The standard InChI is InChI=1S/C15H23NO2/c1-11(17)10-16(5)14(18)12-6-8-13(9-7-12)15(2,3)4/h6-9,11,17H,10H2,1-5H3. The van der Waals surface area contributed by atoms with Gasteiger partial charge in [0.2, 0.25) is 0 Å². The lowest BCUT2D eigenvalue weighted by Gasteiger charge is -2.21. The molecule has 0 aliphatic heterocycles. The Kier molecular flexibility index (Phi) is 4.52. The summed E-state index contributed by atoms with van der Waals surface area (Å²) in [6, 6.07) is 7.68. The minimum atomic E-state index is -0.507. The first kappa shape index (κ1) is 14.7. The third kappa shape index (κ3) is 3.84. The number of hydrogen-bond donors (Lipinski definition) is 1. The molecule has 0 aliphatic rings. The second-order valence-electron chi connectivity index (χ2n) is 5.86. The molecule has 3 nitrogen and oxygen atoms in total. The Bertz CT molecular complexity index is 401. The van der Waals surface area contributed by atoms with Crippen LogP contribution in [0, 0.1) is 0 Å². The number of nitrogens with zero attached hydrogens (tertiary/aromatic N) is 1. The molecule has 0 fully saturated rings. The number of carbonyl (C=O) groups is 1. The van der Waals surface area contributed by atoms with Crippen molar-refractivity contribution in [1.82, 2.24) is 4.90 Å². The molecule has 1 atom stereocenters. The zero-order valence-corrected chi connectivity index (χ0v) is 11.9. The molecule has 0 spiro atoms. The molecule has 1 aromatic carbocycles. The Morgan fingerprint density at radius 1 is 1.28 bits per heavy atom. The minimum Gasteiger partial charge on any atom is -0.392 e. The van der Waals surface area contributed by atoms with E-state index in [4.69, 9.17) is 0 Å². The van der Waals surface area contributed by atoms with Crippen molar-refractivity contribution in [3.8, 4) is 0 Å². The number of carbonyl (C=O) groups excluding carboxylic acids is 1. The van der Waals surface area contributed by atoms with Crippen LogP contribution in [0.3, 0.4) is 0 Å². The number of amides is 1. The summed E-state index contributed by atoms with van der Waals surface area (Å²) in [5, 5.41) is 9.28. The van der Waals surface area contributed by atoms with Crippen molar-refractivity contribution in [2.75, 3.05) is 13.6 Å². The smallest absolute Gasteiger partial charge is 0.253 e. The molecule has 0 radical (unpaired) electrons. The molecule has 0 aliphatic carbocycles. The molecule has 100 valence electrons. The van der Waals surface area contributed by atoms with Gasteiger partial charge in [0, 0.05) is 19.2 Å². The number of aliphatic hydroxyl groups is 1. The van der Waals surface area contributed by atoms with Crippen molar-refractivity contribution >= 4 is 5.91 Å². The zero-order chi connectivity index (χ0) is 13.9. The molecule has 0 saturated carbocycles. The highest BCUT2D eigenvalue weighted by molar-refractivity contribution is 5.94. The van der Waals surface area contributed by atoms with E-state index in [1.165, 1.54) is 10.5 Å². The van der Waals surface area contributed by atoms with E-state index in [-0.39, 0.29) is 11.3 Å². The Labute approximate surface area is 109 Å². The highest BCUT2D eigenvalue weighted by Gasteiger charge is 2.16. The third-order valence-corrected chi connectivity index (χ3v) is 2.88. The van der Waals surface area contributed by atoms with E-state index in [9.17, 15) is 9.90 Å². The molecule has 1 N–H and O–H groups in total. The lowest BCUT2D eigenvalue weighted by molar-refractivity contribution is 0.0703. The number of rotatable bonds is 3. The average Bonchev–Trinajstić information content (AvgIpc) is 2.26. The van der Waals surface area contributed by atoms with Crippen molar-refractivity contribution < 1.29 is 9.90 Å². The molecular formula is C15H23NO2. The van der Waals surface area contributed by atoms with Gasteiger partial charge in [0.15, 0.2) is 0 Å². The molecule has 1 rings (SSSR count). The van der Waals surface area contributed by atoms with Crippen molar-refractivity contribution in [3.63, 3.8) is 0 Å². The summed E-state index contributed by atoms with van der Waals surface area (Å²) in [7, 11) is 1.70. The number of benzene rings is 1. The molecule has 0 aromatic heterocycles. The summed E-state index contributed by atoms with van der Waals surface area (Å²) >= 11 is 0. The predicted molar refractivity (Wildman–Crippen MR) is 73.8 cm³/mol. The van der Waals surface area contributed by atoms with Crippen LogP contribution in [0.1, 0.15) is 43.6 Å². The van der Waals surface area contributed by atoms with Crippen LogP contribution in [0.5, 0.6) is 0 Å². The highest BCUT2D eigenvalue weighted by Crippen LogP contribution is 2.22. The normalized spacial score (nSPS) is 13.2. The van der Waals surface area contributed by atoms with Crippen LogP contribution in [0.25, 0.3) is 0 Å². The lowest BCUT2D eigenvalue weighted by Crippen LogP contribution is -2.33. The van der Waals surface area contributed by atoms with Crippen LogP contribution in [0.15, 0.2) is 24.3 Å². The summed E-state index contributed by atoms with van der Waals surface area (Å²) in [5.41, 5.74) is 1.95. The van der Waals surface area contributed by atoms with Crippen LogP contribution in [0.4, 0.5) is 0 Å². The summed E-state index contributed by atoms with van der Waals surface area (Å²) in [6.45, 7) is 8.45. The maximum absolute atomic E-state index is 12.1. The van der Waals surface area contributed by atoms with Crippen LogP contribution in [-0.2, 0) is 5.41 Å². The van der Waals surface area contributed by atoms with Gasteiger partial charge in [0.25, 0.3) is 5.91 Å². The Balaban J connectivity index is 2.82. The summed E-state index contributed by atoms with van der Waals surface area (Å²) in [6.07, 6.45) is -0.507. The minimum absolute atomic E-state index is 0.0589. The molecule has 0 bridgehead atoms. The molecule has 1 unspecified atom stereocenters. The Morgan fingerprint density at radius 3 is 2.17 bits per heavy atom. The number of likely N-dealkylation sites (N-methyl/N-ethyl adjacent to an activating group) is 1. The van der Waals surface area contributed by atoms with Gasteiger partial charge in [-0.2, -0.15) is 0 Å². The predicted octanol–water partition coefficient (Wildman–Crippen LogP) is 2.44. The first-order valence-electron chi connectivity index (χ1n) is 6.26. The number of hydrogen-bond acceptors (Lipinski definition) is 2. The van der Waals surface area contributed by atoms with Gasteiger partial charge in [-0.15, -0.1) is 0 Å². The van der Waals surface area contributed by atoms with E-state index in [0.717, 1.165) is 0 Å². The van der Waals surface area contributed by atoms with Crippen LogP contribution >= 0.6 is 0 Å². The second-order valence-corrected chi connectivity index (χ2v) is 5.86. The first-order valence-corrected chi connectivity index (χ1v) is 6.26. The van der Waals surface area contributed by atoms with Crippen molar-refractivity contribution in [2.45, 2.75) is 39.2 Å². The molecule has 18 heavy (non-hydrogen) atoms. The van der Waals surface area contributed by atoms with Crippen molar-refractivity contribution in [1.29, 1.82) is 0 Å². The molecule has 3 heteroatoms. The average molecular weight is 249 g/mol. The monoisotopic (exact) mass is 249 g/mol. The molecule has 1 aromatic rings. The zero-order valence-electron chi connectivity index (χ0n) is 11.9. The first-order chi connectivity index (χ1) is 8.21. The highest BCUT2D eigenvalue weighted by atomic mass is 16.3. The maximum atomic E-state index is 12.1. The van der Waals surface area contributed by atoms with E-state index >= 15 is 0 Å². The Morgan fingerprint density at radius 2 is 1.78 bits per heavy atom. The summed E-state index contributed by atoms with van der Waals surface area (Å²) in [4.78, 5) is 13.6. The van der Waals surface area contributed by atoms with Crippen molar-refractivity contribution in [3.05, 3.63) is 35.4 Å². The second kappa shape index (κ2) is 5.53. The van der Waals surface area contributed by atoms with Gasteiger partial charge in [-0.3, -0.25) is 4.79 Å². The fourth-order valence-electron chi connectivity index (χ4n) is 1.81. The van der Waals surface area contributed by atoms with Gasteiger partial charge in [-0.25, -0.2) is 0 Å². The number of aliphatic hydroxyl groups excluding tert-OH is 1. The largest absolute Gasteiger partial charge is 0.392 e. The summed E-state index contributed by atoms with van der Waals surface area (Å²) < 4.78 is 0. The van der Waals surface area contributed by atoms with E-state index in [2.05, 4.69) is 20.8 Å².